The molecule has 0 aliphatic rings. The minimum atomic E-state index is 0.918. The maximum Gasteiger partial charge on any atom is 0.0517 e. The minimum Gasteiger partial charge on any atom is -0.307 e. The molecule has 0 aromatic carbocycles. The monoisotopic (exact) mass is 151 g/mol. The van der Waals surface area contributed by atoms with Gasteiger partial charge in [-0.1, -0.05) is 22.9 Å². The number of halogens is 1. The van der Waals surface area contributed by atoms with Crippen LogP contribution in [-0.4, -0.2) is 12.0 Å². The van der Waals surface area contributed by atoms with Gasteiger partial charge in [-0.25, -0.2) is 0 Å². The molecule has 0 saturated carbocycles. The largest absolute Gasteiger partial charge is 0.307 e. The molecule has 0 atom stereocenters. The molecule has 0 amide bonds. The van der Waals surface area contributed by atoms with E-state index in [1.807, 2.05) is 0 Å². The summed E-state index contributed by atoms with van der Waals surface area (Å²) in [7, 11) is 0. The molecule has 0 fully saturated rings. The van der Waals surface area contributed by atoms with Crippen molar-refractivity contribution >= 4 is 15.9 Å². The van der Waals surface area contributed by atoms with Gasteiger partial charge in [0.1, 0.15) is 0 Å². The van der Waals surface area contributed by atoms with Crippen molar-refractivity contribution in [3.8, 4) is 0 Å². The lowest BCUT2D eigenvalue weighted by Crippen LogP contribution is -2.10. The van der Waals surface area contributed by atoms with Crippen LogP contribution in [0.5, 0.6) is 0 Å². The zero-order valence-electron chi connectivity index (χ0n) is 4.00. The highest BCUT2D eigenvalue weighted by Gasteiger charge is 1.72. The topological polar surface area (TPSA) is 12.0 Å². The van der Waals surface area contributed by atoms with Crippen LogP contribution in [0.15, 0.2) is 0 Å². The fourth-order valence-corrected chi connectivity index (χ4v) is 0.524. The van der Waals surface area contributed by atoms with Crippen LogP contribution >= 0.6 is 15.9 Å². The summed E-state index contributed by atoms with van der Waals surface area (Å²) >= 11 is 3.24. The molecule has 2 heteroatoms. The summed E-state index contributed by atoms with van der Waals surface area (Å²) in [4.78, 5) is 0. The molecule has 0 spiro atoms. The van der Waals surface area contributed by atoms with Crippen LogP contribution in [-0.2, 0) is 0 Å². The van der Waals surface area contributed by atoms with Crippen LogP contribution in [0.1, 0.15) is 13.3 Å². The molecule has 0 aromatic rings. The van der Waals surface area contributed by atoms with E-state index >= 15 is 0 Å². The van der Waals surface area contributed by atoms with Gasteiger partial charge in [0.05, 0.1) is 5.45 Å². The molecule has 0 saturated heterocycles. The second-order valence-electron chi connectivity index (χ2n) is 1.13. The second-order valence-corrected chi connectivity index (χ2v) is 1.69. The van der Waals surface area contributed by atoms with E-state index in [0.717, 1.165) is 12.0 Å². The summed E-state index contributed by atoms with van der Waals surface area (Å²) in [5.74, 6) is 0. The molecule has 0 aliphatic carbocycles. The number of nitrogens with one attached hydrogen (secondary N) is 1. The van der Waals surface area contributed by atoms with E-state index in [4.69, 9.17) is 0 Å². The Kier molecular flexibility index (Phi) is 5.84. The predicted molar refractivity (Wildman–Crippen MR) is 32.1 cm³/mol. The van der Waals surface area contributed by atoms with Crippen molar-refractivity contribution in [2.75, 3.05) is 12.0 Å². The molecule has 1 nitrogen and oxygen atoms in total. The third-order valence-corrected chi connectivity index (χ3v) is 0.918. The standard InChI is InChI=1S/C4H10BrN/c1-2-3-6-4-5/h6H,2-4H2,1H3. The SMILES string of the molecule is CCCNCBr. The van der Waals surface area contributed by atoms with Gasteiger partial charge in [0.2, 0.25) is 0 Å². The second kappa shape index (κ2) is 5.44. The summed E-state index contributed by atoms with van der Waals surface area (Å²) in [5, 5.41) is 3.11. The lowest BCUT2D eigenvalue weighted by Gasteiger charge is -1.90. The third kappa shape index (κ3) is 4.44. The fraction of sp³-hybridized carbons (Fsp3) is 1.00. The van der Waals surface area contributed by atoms with Crippen LogP contribution in [0.4, 0.5) is 0 Å². The maximum absolute atomic E-state index is 3.24. The van der Waals surface area contributed by atoms with Crippen molar-refractivity contribution in [2.45, 2.75) is 13.3 Å². The molecular weight excluding hydrogens is 142 g/mol. The van der Waals surface area contributed by atoms with Crippen LogP contribution in [0.3, 0.4) is 0 Å². The van der Waals surface area contributed by atoms with Crippen LogP contribution in [0.25, 0.3) is 0 Å². The summed E-state index contributed by atoms with van der Waals surface area (Å²) in [6.45, 7) is 3.26. The number of hydrogen-bond donors (Lipinski definition) is 1. The van der Waals surface area contributed by atoms with E-state index in [2.05, 4.69) is 28.2 Å². The highest BCUT2D eigenvalue weighted by Crippen LogP contribution is 1.72. The first-order valence-electron chi connectivity index (χ1n) is 2.18. The van der Waals surface area contributed by atoms with Gasteiger partial charge < -0.3 is 5.32 Å². The van der Waals surface area contributed by atoms with Crippen molar-refractivity contribution in [1.29, 1.82) is 0 Å². The molecule has 0 radical (unpaired) electrons. The number of rotatable bonds is 3. The van der Waals surface area contributed by atoms with Gasteiger partial charge in [-0.2, -0.15) is 0 Å². The Hall–Kier alpha value is 0.440. The van der Waals surface area contributed by atoms with Gasteiger partial charge >= 0.3 is 0 Å². The number of hydrogen-bond acceptors (Lipinski definition) is 1. The Morgan fingerprint density at radius 1 is 1.67 bits per heavy atom. The molecule has 38 valence electrons. The highest BCUT2D eigenvalue weighted by atomic mass is 79.9. The highest BCUT2D eigenvalue weighted by molar-refractivity contribution is 9.09. The zero-order chi connectivity index (χ0) is 4.83. The first kappa shape index (κ1) is 6.44. The maximum atomic E-state index is 3.24. The third-order valence-electron chi connectivity index (χ3n) is 0.521. The summed E-state index contributed by atoms with van der Waals surface area (Å²) < 4.78 is 0. The Bertz CT molecular complexity index is 19.5. The molecule has 1 N–H and O–H groups in total. The van der Waals surface area contributed by atoms with Crippen molar-refractivity contribution in [3.63, 3.8) is 0 Å². The summed E-state index contributed by atoms with van der Waals surface area (Å²) in [5.41, 5.74) is 0.918. The molecule has 0 rings (SSSR count). The summed E-state index contributed by atoms with van der Waals surface area (Å²) in [6, 6.07) is 0. The normalized spacial score (nSPS) is 9.00. The minimum absolute atomic E-state index is 0.918. The molecule has 6 heavy (non-hydrogen) atoms. The fourth-order valence-electron chi connectivity index (χ4n) is 0.244. The van der Waals surface area contributed by atoms with E-state index in [1.165, 1.54) is 6.42 Å². The first-order chi connectivity index (χ1) is 2.91. The van der Waals surface area contributed by atoms with E-state index in [0.29, 0.717) is 0 Å². The molecule has 0 heterocycles. The van der Waals surface area contributed by atoms with Crippen molar-refractivity contribution < 1.29 is 0 Å². The van der Waals surface area contributed by atoms with Crippen LogP contribution in [0.2, 0.25) is 0 Å². The van der Waals surface area contributed by atoms with E-state index in [9.17, 15) is 0 Å². The Morgan fingerprint density at radius 3 is 2.50 bits per heavy atom. The van der Waals surface area contributed by atoms with Gasteiger partial charge in [-0.05, 0) is 13.0 Å². The smallest absolute Gasteiger partial charge is 0.0517 e. The zero-order valence-corrected chi connectivity index (χ0v) is 5.59. The Labute approximate surface area is 47.3 Å². The van der Waals surface area contributed by atoms with Gasteiger partial charge in [0.25, 0.3) is 0 Å². The van der Waals surface area contributed by atoms with Crippen molar-refractivity contribution in [1.82, 2.24) is 5.32 Å². The lowest BCUT2D eigenvalue weighted by molar-refractivity contribution is 0.761. The average Bonchev–Trinajstić information content (AvgIpc) is 1.61. The molecule has 0 bridgehead atoms. The predicted octanol–water partition coefficient (Wildman–Crippen LogP) is 1.34. The first-order valence-corrected chi connectivity index (χ1v) is 3.30. The quantitative estimate of drug-likeness (QED) is 0.365. The average molecular weight is 152 g/mol. The lowest BCUT2D eigenvalue weighted by atomic mass is 10.5. The van der Waals surface area contributed by atoms with Gasteiger partial charge in [0.15, 0.2) is 0 Å². The Morgan fingerprint density at radius 2 is 2.33 bits per heavy atom. The van der Waals surface area contributed by atoms with Gasteiger partial charge in [0, 0.05) is 0 Å². The van der Waals surface area contributed by atoms with E-state index in [-0.39, 0.29) is 0 Å². The van der Waals surface area contributed by atoms with Crippen LogP contribution < -0.4 is 5.32 Å². The molecular formula is C4H10BrN. The number of alkyl halides is 1. The van der Waals surface area contributed by atoms with Gasteiger partial charge in [-0.15, -0.1) is 0 Å². The molecule has 0 aliphatic heterocycles. The Balaban J connectivity index is 2.34. The molecule has 0 aromatic heterocycles. The van der Waals surface area contributed by atoms with Crippen molar-refractivity contribution in [3.05, 3.63) is 0 Å². The van der Waals surface area contributed by atoms with E-state index < -0.39 is 0 Å². The van der Waals surface area contributed by atoms with Crippen molar-refractivity contribution in [2.24, 2.45) is 0 Å². The van der Waals surface area contributed by atoms with Gasteiger partial charge in [-0.3, -0.25) is 0 Å². The molecule has 0 unspecified atom stereocenters. The van der Waals surface area contributed by atoms with E-state index in [1.54, 1.807) is 0 Å². The van der Waals surface area contributed by atoms with Crippen LogP contribution in [0, 0.1) is 0 Å². The summed E-state index contributed by atoms with van der Waals surface area (Å²) in [6.07, 6.45) is 1.21.